The Hall–Kier alpha value is -2.61. The van der Waals surface area contributed by atoms with Crippen LogP contribution < -0.4 is 0 Å². The maximum absolute atomic E-state index is 13.5. The van der Waals surface area contributed by atoms with E-state index in [0.29, 0.717) is 0 Å². The maximum atomic E-state index is 13.5. The van der Waals surface area contributed by atoms with E-state index in [1.807, 2.05) is 0 Å². The van der Waals surface area contributed by atoms with Gasteiger partial charge in [-0.1, -0.05) is 12.1 Å². The summed E-state index contributed by atoms with van der Waals surface area (Å²) in [7, 11) is 0. The van der Waals surface area contributed by atoms with Crippen LogP contribution in [-0.2, 0) is 0 Å². The van der Waals surface area contributed by atoms with Crippen LogP contribution in [0.1, 0.15) is 21.8 Å². The van der Waals surface area contributed by atoms with E-state index in [1.54, 1.807) is 6.07 Å². The smallest absolute Gasteiger partial charge is 0.187 e. The van der Waals surface area contributed by atoms with E-state index in [9.17, 15) is 18.0 Å². The van der Waals surface area contributed by atoms with Crippen molar-refractivity contribution in [3.8, 4) is 6.07 Å². The van der Waals surface area contributed by atoms with Gasteiger partial charge in [-0.2, -0.15) is 5.26 Å². The van der Waals surface area contributed by atoms with Gasteiger partial charge in [-0.05, 0) is 35.9 Å². The SMILES string of the molecule is N#CC(C(=O)c1cc(F)ccc1F)c1cccc(F)c1. The number of nitriles is 1. The number of Topliss-reactive ketones (excluding diaryl/α,β-unsaturated/α-hetero) is 1. The van der Waals surface area contributed by atoms with E-state index < -0.39 is 34.7 Å². The maximum Gasteiger partial charge on any atom is 0.187 e. The Morgan fingerprint density at radius 1 is 1.05 bits per heavy atom. The van der Waals surface area contributed by atoms with E-state index in [0.717, 1.165) is 30.3 Å². The zero-order valence-electron chi connectivity index (χ0n) is 10.1. The number of rotatable bonds is 3. The first-order chi connectivity index (χ1) is 9.52. The number of hydrogen-bond donors (Lipinski definition) is 0. The fourth-order valence-corrected chi connectivity index (χ4v) is 1.81. The number of carbonyl (C=O) groups is 1. The number of hydrogen-bond acceptors (Lipinski definition) is 2. The van der Waals surface area contributed by atoms with Crippen LogP contribution in [0.25, 0.3) is 0 Å². The van der Waals surface area contributed by atoms with E-state index in [2.05, 4.69) is 0 Å². The van der Waals surface area contributed by atoms with Crippen LogP contribution in [0, 0.1) is 28.8 Å². The normalized spacial score (nSPS) is 11.7. The molecule has 0 fully saturated rings. The van der Waals surface area contributed by atoms with E-state index in [4.69, 9.17) is 5.26 Å². The largest absolute Gasteiger partial charge is 0.292 e. The molecule has 0 bridgehead atoms. The van der Waals surface area contributed by atoms with E-state index in [1.165, 1.54) is 12.1 Å². The summed E-state index contributed by atoms with van der Waals surface area (Å²) in [5, 5.41) is 9.05. The molecule has 1 atom stereocenters. The summed E-state index contributed by atoms with van der Waals surface area (Å²) >= 11 is 0. The van der Waals surface area contributed by atoms with Gasteiger partial charge in [0.15, 0.2) is 5.78 Å². The number of carbonyl (C=O) groups excluding carboxylic acids is 1. The molecule has 0 radical (unpaired) electrons. The Kier molecular flexibility index (Phi) is 3.85. The standard InChI is InChI=1S/C15H8F3NO/c16-10-3-1-2-9(6-10)13(8-19)15(20)12-7-11(17)4-5-14(12)18/h1-7,13H. The lowest BCUT2D eigenvalue weighted by atomic mass is 9.91. The van der Waals surface area contributed by atoms with Crippen LogP contribution in [0.15, 0.2) is 42.5 Å². The summed E-state index contributed by atoms with van der Waals surface area (Å²) in [6.45, 7) is 0. The molecule has 5 heteroatoms. The first-order valence-electron chi connectivity index (χ1n) is 5.67. The van der Waals surface area contributed by atoms with Crippen molar-refractivity contribution in [2.24, 2.45) is 0 Å². The second kappa shape index (κ2) is 5.57. The van der Waals surface area contributed by atoms with Gasteiger partial charge in [0, 0.05) is 0 Å². The lowest BCUT2D eigenvalue weighted by molar-refractivity contribution is 0.0974. The van der Waals surface area contributed by atoms with Crippen LogP contribution in [0.4, 0.5) is 13.2 Å². The zero-order chi connectivity index (χ0) is 14.7. The minimum atomic E-state index is -1.39. The quantitative estimate of drug-likeness (QED) is 0.803. The number of halogens is 3. The van der Waals surface area contributed by atoms with Crippen molar-refractivity contribution in [3.05, 3.63) is 71.0 Å². The van der Waals surface area contributed by atoms with Gasteiger partial charge in [0.1, 0.15) is 23.4 Å². The first kappa shape index (κ1) is 13.8. The Bertz CT molecular complexity index is 707. The van der Waals surface area contributed by atoms with Crippen LogP contribution >= 0.6 is 0 Å². The van der Waals surface area contributed by atoms with Gasteiger partial charge in [0.25, 0.3) is 0 Å². The summed E-state index contributed by atoms with van der Waals surface area (Å²) in [5.74, 6) is -4.62. The molecule has 1 unspecified atom stereocenters. The molecule has 0 aliphatic rings. The fraction of sp³-hybridized carbons (Fsp3) is 0.0667. The van der Waals surface area contributed by atoms with Crippen molar-refractivity contribution in [2.45, 2.75) is 5.92 Å². The summed E-state index contributed by atoms with van der Waals surface area (Å²) in [6, 6.07) is 8.98. The number of nitrogens with zero attached hydrogens (tertiary/aromatic N) is 1. The molecule has 2 nitrogen and oxygen atoms in total. The minimum absolute atomic E-state index is 0.0983. The molecule has 0 aromatic heterocycles. The molecule has 20 heavy (non-hydrogen) atoms. The highest BCUT2D eigenvalue weighted by Gasteiger charge is 2.25. The van der Waals surface area contributed by atoms with Gasteiger partial charge < -0.3 is 0 Å². The minimum Gasteiger partial charge on any atom is -0.292 e. The van der Waals surface area contributed by atoms with Gasteiger partial charge in [-0.25, -0.2) is 13.2 Å². The van der Waals surface area contributed by atoms with E-state index in [-0.39, 0.29) is 5.56 Å². The Morgan fingerprint density at radius 3 is 2.40 bits per heavy atom. The van der Waals surface area contributed by atoms with E-state index >= 15 is 0 Å². The molecule has 0 heterocycles. The van der Waals surface area contributed by atoms with Crippen LogP contribution in [0.2, 0.25) is 0 Å². The lowest BCUT2D eigenvalue weighted by Crippen LogP contribution is -2.13. The van der Waals surface area contributed by atoms with Crippen molar-refractivity contribution in [1.29, 1.82) is 5.26 Å². The summed E-state index contributed by atoms with van der Waals surface area (Å²) in [6.07, 6.45) is 0. The molecule has 100 valence electrons. The third-order valence-electron chi connectivity index (χ3n) is 2.77. The fourth-order valence-electron chi connectivity index (χ4n) is 1.81. The van der Waals surface area contributed by atoms with Gasteiger partial charge in [-0.15, -0.1) is 0 Å². The Labute approximate surface area is 113 Å². The molecule has 0 saturated heterocycles. The Morgan fingerprint density at radius 2 is 1.75 bits per heavy atom. The molecule has 0 N–H and O–H groups in total. The van der Waals surface area contributed by atoms with Gasteiger partial charge in [0.05, 0.1) is 11.6 Å². The monoisotopic (exact) mass is 275 g/mol. The van der Waals surface area contributed by atoms with Gasteiger partial charge in [-0.3, -0.25) is 4.79 Å². The van der Waals surface area contributed by atoms with Crippen molar-refractivity contribution in [1.82, 2.24) is 0 Å². The molecule has 2 aromatic rings. The third kappa shape index (κ3) is 2.69. The molecular formula is C15H8F3NO. The highest BCUT2D eigenvalue weighted by Crippen LogP contribution is 2.23. The number of ketones is 1. The van der Waals surface area contributed by atoms with Crippen molar-refractivity contribution < 1.29 is 18.0 Å². The highest BCUT2D eigenvalue weighted by molar-refractivity contribution is 6.02. The van der Waals surface area contributed by atoms with Crippen molar-refractivity contribution >= 4 is 5.78 Å². The second-order valence-electron chi connectivity index (χ2n) is 4.11. The van der Waals surface area contributed by atoms with Gasteiger partial charge in [0.2, 0.25) is 0 Å². The third-order valence-corrected chi connectivity index (χ3v) is 2.77. The summed E-state index contributed by atoms with van der Waals surface area (Å²) in [4.78, 5) is 12.1. The first-order valence-corrected chi connectivity index (χ1v) is 5.67. The summed E-state index contributed by atoms with van der Waals surface area (Å²) in [5.41, 5.74) is -0.429. The molecule has 0 spiro atoms. The topological polar surface area (TPSA) is 40.9 Å². The van der Waals surface area contributed by atoms with Crippen molar-refractivity contribution in [2.75, 3.05) is 0 Å². The van der Waals surface area contributed by atoms with Crippen LogP contribution in [-0.4, -0.2) is 5.78 Å². The molecular weight excluding hydrogens is 267 g/mol. The van der Waals surface area contributed by atoms with Crippen LogP contribution in [0.3, 0.4) is 0 Å². The average Bonchev–Trinajstić information content (AvgIpc) is 2.42. The number of benzene rings is 2. The molecule has 0 amide bonds. The van der Waals surface area contributed by atoms with Crippen LogP contribution in [0.5, 0.6) is 0 Å². The second-order valence-corrected chi connectivity index (χ2v) is 4.11. The highest BCUT2D eigenvalue weighted by atomic mass is 19.1. The van der Waals surface area contributed by atoms with Crippen molar-refractivity contribution in [3.63, 3.8) is 0 Å². The zero-order valence-corrected chi connectivity index (χ0v) is 10.1. The molecule has 0 aliphatic heterocycles. The predicted octanol–water partition coefficient (Wildman–Crippen LogP) is 3.59. The Balaban J connectivity index is 2.45. The predicted molar refractivity (Wildman–Crippen MR) is 65.4 cm³/mol. The summed E-state index contributed by atoms with van der Waals surface area (Å²) < 4.78 is 39.7. The lowest BCUT2D eigenvalue weighted by Gasteiger charge is -2.09. The molecule has 0 aliphatic carbocycles. The molecule has 2 aromatic carbocycles. The molecule has 0 saturated carbocycles. The van der Waals surface area contributed by atoms with Gasteiger partial charge >= 0.3 is 0 Å². The molecule has 2 rings (SSSR count). The average molecular weight is 275 g/mol.